The summed E-state index contributed by atoms with van der Waals surface area (Å²) in [4.78, 5) is 2.46. The van der Waals surface area contributed by atoms with E-state index in [0.29, 0.717) is 0 Å². The highest BCUT2D eigenvalue weighted by atomic mass is 15.1. The molecule has 0 N–H and O–H groups in total. The molecular formula is C62H42N2. The molecule has 0 aliphatic heterocycles. The van der Waals surface area contributed by atoms with Crippen LogP contribution in [0, 0.1) is 0 Å². The highest BCUT2D eigenvalue weighted by Crippen LogP contribution is 2.49. The second-order valence-electron chi connectivity index (χ2n) is 16.5. The minimum atomic E-state index is 1.08. The zero-order valence-electron chi connectivity index (χ0n) is 35.1. The molecule has 1 aromatic heterocycles. The maximum absolute atomic E-state index is 2.46. The molecule has 0 aliphatic carbocycles. The number of aromatic nitrogens is 1. The van der Waals surface area contributed by atoms with E-state index in [2.05, 4.69) is 264 Å². The minimum Gasteiger partial charge on any atom is -0.310 e. The van der Waals surface area contributed by atoms with Gasteiger partial charge < -0.3 is 9.47 Å². The van der Waals surface area contributed by atoms with Crippen molar-refractivity contribution >= 4 is 60.4 Å². The summed E-state index contributed by atoms with van der Waals surface area (Å²) >= 11 is 0. The van der Waals surface area contributed by atoms with Crippen LogP contribution in [0.5, 0.6) is 0 Å². The standard InChI is InChI=1S/C62H42N2/c1-4-17-44(18-5-1)53-25-12-13-27-58(53)62-55(45-19-6-2-7-20-45)28-16-30-60(62)63(51-38-40-54-48(41-51)32-31-46-21-10-11-24-52(46)54)50-36-33-43(34-37-50)47-35-39-57-56-26-14-15-29-59(56)64(61(57)42-47)49-22-8-3-9-23-49/h1-42H. The Morgan fingerprint density at radius 3 is 1.61 bits per heavy atom. The van der Waals surface area contributed by atoms with Crippen LogP contribution in [0.25, 0.3) is 93.5 Å². The van der Waals surface area contributed by atoms with Gasteiger partial charge in [0.15, 0.2) is 0 Å². The van der Waals surface area contributed by atoms with E-state index >= 15 is 0 Å². The first kappa shape index (κ1) is 37.3. The summed E-state index contributed by atoms with van der Waals surface area (Å²) in [5.41, 5.74) is 16.2. The van der Waals surface area contributed by atoms with Gasteiger partial charge in [-0.2, -0.15) is 0 Å². The monoisotopic (exact) mass is 814 g/mol. The predicted molar refractivity (Wildman–Crippen MR) is 272 cm³/mol. The van der Waals surface area contributed by atoms with Crippen LogP contribution in [0.2, 0.25) is 0 Å². The maximum Gasteiger partial charge on any atom is 0.0547 e. The molecule has 0 saturated heterocycles. The summed E-state index contributed by atoms with van der Waals surface area (Å²) in [6.45, 7) is 0. The highest BCUT2D eigenvalue weighted by molar-refractivity contribution is 6.11. The van der Waals surface area contributed by atoms with Crippen LogP contribution in [-0.4, -0.2) is 4.57 Å². The third-order valence-electron chi connectivity index (χ3n) is 12.8. The van der Waals surface area contributed by atoms with Crippen LogP contribution >= 0.6 is 0 Å². The molecule has 0 unspecified atom stereocenters. The molecule has 12 rings (SSSR count). The molecule has 2 heteroatoms. The number of para-hydroxylation sites is 2. The molecule has 0 amide bonds. The number of hydrogen-bond donors (Lipinski definition) is 0. The van der Waals surface area contributed by atoms with E-state index in [0.717, 1.165) is 28.3 Å². The smallest absolute Gasteiger partial charge is 0.0547 e. The van der Waals surface area contributed by atoms with Gasteiger partial charge in [0, 0.05) is 33.4 Å². The average molecular weight is 815 g/mol. The van der Waals surface area contributed by atoms with Crippen LogP contribution < -0.4 is 4.90 Å². The summed E-state index contributed by atoms with van der Waals surface area (Å²) in [5, 5.41) is 7.45. The molecule has 11 aromatic carbocycles. The van der Waals surface area contributed by atoms with E-state index < -0.39 is 0 Å². The number of fused-ring (bicyclic) bond motifs is 6. The van der Waals surface area contributed by atoms with E-state index in [1.54, 1.807) is 0 Å². The van der Waals surface area contributed by atoms with Crippen molar-refractivity contribution in [3.63, 3.8) is 0 Å². The lowest BCUT2D eigenvalue weighted by Crippen LogP contribution is -2.12. The molecule has 300 valence electrons. The zero-order valence-corrected chi connectivity index (χ0v) is 35.1. The van der Waals surface area contributed by atoms with Gasteiger partial charge in [-0.3, -0.25) is 0 Å². The normalized spacial score (nSPS) is 11.4. The third kappa shape index (κ3) is 6.44. The first-order valence-electron chi connectivity index (χ1n) is 22.0. The van der Waals surface area contributed by atoms with Gasteiger partial charge in [0.25, 0.3) is 0 Å². The van der Waals surface area contributed by atoms with Gasteiger partial charge in [-0.15, -0.1) is 0 Å². The van der Waals surface area contributed by atoms with Gasteiger partial charge >= 0.3 is 0 Å². The van der Waals surface area contributed by atoms with E-state index in [-0.39, 0.29) is 0 Å². The molecule has 0 spiro atoms. The quantitative estimate of drug-likeness (QED) is 0.139. The number of anilines is 3. The second-order valence-corrected chi connectivity index (χ2v) is 16.5. The summed E-state index contributed by atoms with van der Waals surface area (Å²) < 4.78 is 2.39. The molecule has 64 heavy (non-hydrogen) atoms. The molecule has 0 bridgehead atoms. The van der Waals surface area contributed by atoms with Gasteiger partial charge in [0.2, 0.25) is 0 Å². The zero-order chi connectivity index (χ0) is 42.4. The fraction of sp³-hybridized carbons (Fsp3) is 0. The Labute approximate surface area is 373 Å². The second kappa shape index (κ2) is 15.8. The Bertz CT molecular complexity index is 3640. The van der Waals surface area contributed by atoms with Crippen LogP contribution in [-0.2, 0) is 0 Å². The highest BCUT2D eigenvalue weighted by Gasteiger charge is 2.23. The Kier molecular flexibility index (Phi) is 9.20. The van der Waals surface area contributed by atoms with E-state index in [1.165, 1.54) is 82.3 Å². The summed E-state index contributed by atoms with van der Waals surface area (Å²) in [6, 6.07) is 92.8. The average Bonchev–Trinajstić information content (AvgIpc) is 3.71. The van der Waals surface area contributed by atoms with Gasteiger partial charge in [0.05, 0.1) is 16.7 Å². The first-order valence-corrected chi connectivity index (χ1v) is 22.0. The molecule has 0 aliphatic rings. The minimum absolute atomic E-state index is 1.08. The van der Waals surface area contributed by atoms with Crippen molar-refractivity contribution in [2.45, 2.75) is 0 Å². The first-order chi connectivity index (χ1) is 31.8. The van der Waals surface area contributed by atoms with Crippen molar-refractivity contribution in [3.05, 3.63) is 255 Å². The van der Waals surface area contributed by atoms with Gasteiger partial charge in [0.1, 0.15) is 0 Å². The Balaban J connectivity index is 1.07. The van der Waals surface area contributed by atoms with Crippen LogP contribution in [0.4, 0.5) is 17.1 Å². The fourth-order valence-corrected chi connectivity index (χ4v) is 9.81. The van der Waals surface area contributed by atoms with Crippen molar-refractivity contribution in [3.8, 4) is 50.2 Å². The third-order valence-corrected chi connectivity index (χ3v) is 12.8. The summed E-state index contributed by atoms with van der Waals surface area (Å²) in [6.07, 6.45) is 0. The lowest BCUT2D eigenvalue weighted by Gasteiger charge is -2.30. The Hall–Kier alpha value is -8.46. The lowest BCUT2D eigenvalue weighted by molar-refractivity contribution is 1.18. The predicted octanol–water partition coefficient (Wildman–Crippen LogP) is 17.2. The van der Waals surface area contributed by atoms with Crippen molar-refractivity contribution in [1.29, 1.82) is 0 Å². The largest absolute Gasteiger partial charge is 0.310 e. The molecule has 1 heterocycles. The molecule has 12 aromatic rings. The molecule has 0 fully saturated rings. The Morgan fingerprint density at radius 2 is 0.828 bits per heavy atom. The van der Waals surface area contributed by atoms with Gasteiger partial charge in [-0.1, -0.05) is 200 Å². The Morgan fingerprint density at radius 1 is 0.281 bits per heavy atom. The SMILES string of the molecule is c1ccc(-c2ccccc2-c2c(-c3ccccc3)cccc2N(c2ccc(-c3ccc4c5ccccc5n(-c5ccccc5)c4c3)cc2)c2ccc3c(ccc4ccccc43)c2)cc1. The molecular weight excluding hydrogens is 773 g/mol. The molecule has 0 atom stereocenters. The van der Waals surface area contributed by atoms with E-state index in [1.807, 2.05) is 0 Å². The van der Waals surface area contributed by atoms with Crippen molar-refractivity contribution < 1.29 is 0 Å². The van der Waals surface area contributed by atoms with Crippen molar-refractivity contribution in [1.82, 2.24) is 4.57 Å². The van der Waals surface area contributed by atoms with Crippen LogP contribution in [0.15, 0.2) is 255 Å². The van der Waals surface area contributed by atoms with Crippen LogP contribution in [0.1, 0.15) is 0 Å². The van der Waals surface area contributed by atoms with E-state index in [9.17, 15) is 0 Å². The molecule has 0 saturated carbocycles. The topological polar surface area (TPSA) is 8.17 Å². The molecule has 2 nitrogen and oxygen atoms in total. The fourth-order valence-electron chi connectivity index (χ4n) is 9.81. The number of nitrogens with zero attached hydrogens (tertiary/aromatic N) is 2. The molecule has 0 radical (unpaired) electrons. The number of benzene rings is 11. The summed E-state index contributed by atoms with van der Waals surface area (Å²) in [7, 11) is 0. The maximum atomic E-state index is 2.46. The lowest BCUT2D eigenvalue weighted by atomic mass is 9.87. The van der Waals surface area contributed by atoms with E-state index in [4.69, 9.17) is 0 Å². The summed E-state index contributed by atoms with van der Waals surface area (Å²) in [5.74, 6) is 0. The number of hydrogen-bond acceptors (Lipinski definition) is 1. The van der Waals surface area contributed by atoms with Crippen LogP contribution in [0.3, 0.4) is 0 Å². The van der Waals surface area contributed by atoms with Crippen molar-refractivity contribution in [2.24, 2.45) is 0 Å². The van der Waals surface area contributed by atoms with Crippen molar-refractivity contribution in [2.75, 3.05) is 4.90 Å². The van der Waals surface area contributed by atoms with Gasteiger partial charge in [-0.05, 0) is 115 Å². The number of rotatable bonds is 8. The van der Waals surface area contributed by atoms with Gasteiger partial charge in [-0.25, -0.2) is 0 Å².